The standard InChI is InChI=1S/C14H18ClNO2/c1-8(2)10(7-16)13(17)12-6-9-4-3-5-11(15)14(9)18-12/h3-6,8,10,13,17H,7,16H2,1-2H3. The van der Waals surface area contributed by atoms with Gasteiger partial charge in [0.2, 0.25) is 0 Å². The second kappa shape index (κ2) is 5.31. The number of benzene rings is 1. The first kappa shape index (κ1) is 13.4. The first-order chi connectivity index (χ1) is 8.54. The van der Waals surface area contributed by atoms with Crippen LogP contribution in [0.1, 0.15) is 25.7 Å². The van der Waals surface area contributed by atoms with Crippen molar-refractivity contribution in [1.82, 2.24) is 0 Å². The largest absolute Gasteiger partial charge is 0.457 e. The van der Waals surface area contributed by atoms with E-state index in [9.17, 15) is 5.11 Å². The first-order valence-corrected chi connectivity index (χ1v) is 6.48. The van der Waals surface area contributed by atoms with E-state index < -0.39 is 6.10 Å². The predicted molar refractivity (Wildman–Crippen MR) is 73.6 cm³/mol. The predicted octanol–water partition coefficient (Wildman–Crippen LogP) is 3.35. The fourth-order valence-electron chi connectivity index (χ4n) is 2.17. The van der Waals surface area contributed by atoms with Gasteiger partial charge in [0.25, 0.3) is 0 Å². The Labute approximate surface area is 112 Å². The zero-order valence-electron chi connectivity index (χ0n) is 10.6. The van der Waals surface area contributed by atoms with E-state index in [1.807, 2.05) is 32.0 Å². The van der Waals surface area contributed by atoms with Crippen LogP contribution in [0, 0.1) is 11.8 Å². The van der Waals surface area contributed by atoms with Gasteiger partial charge < -0.3 is 15.3 Å². The van der Waals surface area contributed by atoms with Crippen LogP contribution in [0.25, 0.3) is 11.0 Å². The van der Waals surface area contributed by atoms with Gasteiger partial charge in [0.05, 0.1) is 5.02 Å². The Morgan fingerprint density at radius 2 is 2.11 bits per heavy atom. The van der Waals surface area contributed by atoms with Gasteiger partial charge in [-0.1, -0.05) is 37.6 Å². The molecule has 0 aliphatic heterocycles. The highest BCUT2D eigenvalue weighted by molar-refractivity contribution is 6.34. The van der Waals surface area contributed by atoms with Crippen LogP contribution in [-0.2, 0) is 0 Å². The highest BCUT2D eigenvalue weighted by Crippen LogP contribution is 2.33. The smallest absolute Gasteiger partial charge is 0.152 e. The summed E-state index contributed by atoms with van der Waals surface area (Å²) in [6, 6.07) is 7.37. The molecule has 3 N–H and O–H groups in total. The molecule has 0 radical (unpaired) electrons. The molecule has 2 rings (SSSR count). The second-order valence-corrected chi connectivity index (χ2v) is 5.30. The van der Waals surface area contributed by atoms with Crippen LogP contribution in [0.3, 0.4) is 0 Å². The van der Waals surface area contributed by atoms with Crippen molar-refractivity contribution in [2.75, 3.05) is 6.54 Å². The molecular formula is C14H18ClNO2. The lowest BCUT2D eigenvalue weighted by Crippen LogP contribution is -2.26. The molecule has 4 heteroatoms. The third-order valence-electron chi connectivity index (χ3n) is 3.34. The van der Waals surface area contributed by atoms with Gasteiger partial charge in [0.15, 0.2) is 5.58 Å². The summed E-state index contributed by atoms with van der Waals surface area (Å²) in [5, 5.41) is 11.8. The Bertz CT molecular complexity index is 536. The summed E-state index contributed by atoms with van der Waals surface area (Å²) in [4.78, 5) is 0. The number of halogens is 1. The third kappa shape index (κ3) is 2.39. The van der Waals surface area contributed by atoms with E-state index in [2.05, 4.69) is 0 Å². The number of hydrogen-bond acceptors (Lipinski definition) is 3. The molecule has 0 aliphatic carbocycles. The number of aliphatic hydroxyl groups excluding tert-OH is 1. The van der Waals surface area contributed by atoms with Crippen LogP contribution in [0.5, 0.6) is 0 Å². The Balaban J connectivity index is 2.39. The zero-order chi connectivity index (χ0) is 13.3. The van der Waals surface area contributed by atoms with Gasteiger partial charge >= 0.3 is 0 Å². The van der Waals surface area contributed by atoms with E-state index in [4.69, 9.17) is 21.8 Å². The molecule has 0 aliphatic rings. The van der Waals surface area contributed by atoms with Crippen molar-refractivity contribution < 1.29 is 9.52 Å². The Morgan fingerprint density at radius 3 is 2.67 bits per heavy atom. The van der Waals surface area contributed by atoms with Crippen LogP contribution in [0.4, 0.5) is 0 Å². The van der Waals surface area contributed by atoms with Gasteiger partial charge in [-0.05, 0) is 24.6 Å². The van der Waals surface area contributed by atoms with Crippen molar-refractivity contribution in [2.45, 2.75) is 20.0 Å². The lowest BCUT2D eigenvalue weighted by molar-refractivity contribution is 0.0676. The second-order valence-electron chi connectivity index (χ2n) is 4.90. The Kier molecular flexibility index (Phi) is 3.95. The van der Waals surface area contributed by atoms with E-state index in [-0.39, 0.29) is 11.8 Å². The van der Waals surface area contributed by atoms with E-state index in [0.29, 0.717) is 22.9 Å². The molecule has 1 aromatic carbocycles. The third-order valence-corrected chi connectivity index (χ3v) is 3.64. The van der Waals surface area contributed by atoms with Crippen molar-refractivity contribution in [3.05, 3.63) is 35.0 Å². The SMILES string of the molecule is CC(C)C(CN)C(O)c1cc2cccc(Cl)c2o1. The van der Waals surface area contributed by atoms with Gasteiger partial charge in [-0.3, -0.25) is 0 Å². The minimum absolute atomic E-state index is 0.0238. The van der Waals surface area contributed by atoms with E-state index in [0.717, 1.165) is 5.39 Å². The molecule has 98 valence electrons. The maximum atomic E-state index is 10.3. The van der Waals surface area contributed by atoms with Gasteiger partial charge in [0, 0.05) is 11.3 Å². The molecule has 0 bridgehead atoms. The summed E-state index contributed by atoms with van der Waals surface area (Å²) < 4.78 is 5.66. The van der Waals surface area contributed by atoms with Crippen molar-refractivity contribution in [2.24, 2.45) is 17.6 Å². The van der Waals surface area contributed by atoms with Crippen LogP contribution in [0.2, 0.25) is 5.02 Å². The topological polar surface area (TPSA) is 59.4 Å². The van der Waals surface area contributed by atoms with E-state index in [1.54, 1.807) is 6.07 Å². The van der Waals surface area contributed by atoms with Gasteiger partial charge in [-0.2, -0.15) is 0 Å². The summed E-state index contributed by atoms with van der Waals surface area (Å²) >= 11 is 6.05. The molecule has 0 spiro atoms. The molecule has 18 heavy (non-hydrogen) atoms. The van der Waals surface area contributed by atoms with Crippen molar-refractivity contribution in [1.29, 1.82) is 0 Å². The quantitative estimate of drug-likeness (QED) is 0.893. The molecule has 2 aromatic rings. The summed E-state index contributed by atoms with van der Waals surface area (Å²) in [5.74, 6) is 0.792. The fraction of sp³-hybridized carbons (Fsp3) is 0.429. The fourth-order valence-corrected chi connectivity index (χ4v) is 2.39. The molecule has 0 saturated carbocycles. The van der Waals surface area contributed by atoms with Gasteiger partial charge in [-0.15, -0.1) is 0 Å². The monoisotopic (exact) mass is 267 g/mol. The Morgan fingerprint density at radius 1 is 1.39 bits per heavy atom. The number of fused-ring (bicyclic) bond motifs is 1. The number of hydrogen-bond donors (Lipinski definition) is 2. The van der Waals surface area contributed by atoms with Crippen LogP contribution >= 0.6 is 11.6 Å². The maximum absolute atomic E-state index is 10.3. The van der Waals surface area contributed by atoms with Gasteiger partial charge in [-0.25, -0.2) is 0 Å². The van der Waals surface area contributed by atoms with Crippen molar-refractivity contribution in [3.63, 3.8) is 0 Å². The van der Waals surface area contributed by atoms with Crippen LogP contribution in [-0.4, -0.2) is 11.7 Å². The number of nitrogens with two attached hydrogens (primary N) is 1. The molecule has 1 aromatic heterocycles. The Hall–Kier alpha value is -1.03. The minimum Gasteiger partial charge on any atom is -0.457 e. The molecular weight excluding hydrogens is 250 g/mol. The number of para-hydroxylation sites is 1. The minimum atomic E-state index is -0.696. The summed E-state index contributed by atoms with van der Waals surface area (Å²) in [6.07, 6.45) is -0.696. The highest BCUT2D eigenvalue weighted by atomic mass is 35.5. The van der Waals surface area contributed by atoms with Crippen LogP contribution < -0.4 is 5.73 Å². The van der Waals surface area contributed by atoms with Crippen molar-refractivity contribution >= 4 is 22.6 Å². The molecule has 2 atom stereocenters. The lowest BCUT2D eigenvalue weighted by Gasteiger charge is -2.23. The number of aliphatic hydroxyl groups is 1. The molecule has 0 amide bonds. The summed E-state index contributed by atoms with van der Waals surface area (Å²) in [6.45, 7) is 4.50. The number of furan rings is 1. The van der Waals surface area contributed by atoms with Crippen LogP contribution in [0.15, 0.2) is 28.7 Å². The maximum Gasteiger partial charge on any atom is 0.152 e. The lowest BCUT2D eigenvalue weighted by atomic mass is 9.89. The molecule has 3 nitrogen and oxygen atoms in total. The average Bonchev–Trinajstić information content (AvgIpc) is 2.74. The molecule has 2 unspecified atom stereocenters. The molecule has 0 fully saturated rings. The molecule has 1 heterocycles. The number of rotatable bonds is 4. The van der Waals surface area contributed by atoms with E-state index >= 15 is 0 Å². The van der Waals surface area contributed by atoms with Crippen molar-refractivity contribution in [3.8, 4) is 0 Å². The van der Waals surface area contributed by atoms with Gasteiger partial charge in [0.1, 0.15) is 11.9 Å². The zero-order valence-corrected chi connectivity index (χ0v) is 11.3. The first-order valence-electron chi connectivity index (χ1n) is 6.10. The average molecular weight is 268 g/mol. The molecule has 0 saturated heterocycles. The summed E-state index contributed by atoms with van der Waals surface area (Å²) in [5.41, 5.74) is 6.33. The summed E-state index contributed by atoms with van der Waals surface area (Å²) in [7, 11) is 0. The highest BCUT2D eigenvalue weighted by Gasteiger charge is 2.26. The van der Waals surface area contributed by atoms with E-state index in [1.165, 1.54) is 0 Å². The normalized spacial score (nSPS) is 15.2.